The van der Waals surface area contributed by atoms with E-state index < -0.39 is 5.54 Å². The van der Waals surface area contributed by atoms with Crippen molar-refractivity contribution >= 4 is 10.9 Å². The smallest absolute Gasteiger partial charge is 0.163 e. The first kappa shape index (κ1) is 12.5. The van der Waals surface area contributed by atoms with Crippen molar-refractivity contribution in [1.82, 2.24) is 4.57 Å². The van der Waals surface area contributed by atoms with E-state index >= 15 is 0 Å². The molecule has 18 heavy (non-hydrogen) atoms. The number of nitrogens with two attached hydrogens (primary N) is 1. The molecule has 0 radical (unpaired) electrons. The number of fused-ring (bicyclic) bond motifs is 1. The van der Waals surface area contributed by atoms with Gasteiger partial charge in [-0.3, -0.25) is 0 Å². The highest BCUT2D eigenvalue weighted by atomic mass is 16.5. The van der Waals surface area contributed by atoms with E-state index in [0.29, 0.717) is 18.0 Å². The fraction of sp³-hybridized carbons (Fsp3) is 0.357. The zero-order valence-electron chi connectivity index (χ0n) is 10.9. The van der Waals surface area contributed by atoms with Crippen LogP contribution in [-0.2, 0) is 6.54 Å². The number of aromatic nitrogens is 1. The van der Waals surface area contributed by atoms with Gasteiger partial charge in [0.1, 0.15) is 6.07 Å². The van der Waals surface area contributed by atoms with Gasteiger partial charge < -0.3 is 15.0 Å². The van der Waals surface area contributed by atoms with E-state index in [0.717, 1.165) is 10.9 Å². The van der Waals surface area contributed by atoms with Gasteiger partial charge in [-0.05, 0) is 26.0 Å². The number of nitriles is 1. The molecule has 0 fully saturated rings. The van der Waals surface area contributed by atoms with Gasteiger partial charge in [-0.15, -0.1) is 0 Å². The summed E-state index contributed by atoms with van der Waals surface area (Å²) in [6.45, 7) is 4.45. The minimum Gasteiger partial charge on any atom is -0.493 e. The zero-order valence-corrected chi connectivity index (χ0v) is 10.9. The fourth-order valence-corrected chi connectivity index (χ4v) is 2.16. The monoisotopic (exact) mass is 243 g/mol. The van der Waals surface area contributed by atoms with Crippen molar-refractivity contribution in [3.63, 3.8) is 0 Å². The molecule has 2 aromatic rings. The normalized spacial score (nSPS) is 11.5. The Bertz CT molecular complexity index is 614. The molecule has 1 aromatic heterocycles. The third-order valence-corrected chi connectivity index (χ3v) is 2.80. The summed E-state index contributed by atoms with van der Waals surface area (Å²) < 4.78 is 7.29. The first-order chi connectivity index (χ1) is 8.48. The molecule has 0 amide bonds. The van der Waals surface area contributed by atoms with Crippen molar-refractivity contribution in [3.05, 3.63) is 30.0 Å². The van der Waals surface area contributed by atoms with Crippen LogP contribution < -0.4 is 10.5 Å². The summed E-state index contributed by atoms with van der Waals surface area (Å²) in [7, 11) is 1.58. The Hall–Kier alpha value is -1.99. The molecule has 4 nitrogen and oxygen atoms in total. The van der Waals surface area contributed by atoms with Gasteiger partial charge in [0, 0.05) is 17.5 Å². The van der Waals surface area contributed by atoms with Crippen molar-refractivity contribution in [2.45, 2.75) is 25.9 Å². The Morgan fingerprint density at radius 1 is 1.39 bits per heavy atom. The topological polar surface area (TPSA) is 64.0 Å². The van der Waals surface area contributed by atoms with Crippen molar-refractivity contribution in [2.24, 2.45) is 5.73 Å². The molecule has 0 unspecified atom stereocenters. The van der Waals surface area contributed by atoms with E-state index in [-0.39, 0.29) is 0 Å². The quantitative estimate of drug-likeness (QED) is 0.899. The highest BCUT2D eigenvalue weighted by molar-refractivity contribution is 5.89. The standard InChI is InChI=1S/C14H17N3O/c1-14(2,16)9-17-11-7-5-4-6-10(11)13(18-3)12(17)8-15/h4-7H,9,16H2,1-3H3. The largest absolute Gasteiger partial charge is 0.493 e. The summed E-state index contributed by atoms with van der Waals surface area (Å²) in [6.07, 6.45) is 0. The van der Waals surface area contributed by atoms with Crippen molar-refractivity contribution < 1.29 is 4.74 Å². The zero-order chi connectivity index (χ0) is 13.3. The van der Waals surface area contributed by atoms with Crippen LogP contribution in [0.2, 0.25) is 0 Å². The van der Waals surface area contributed by atoms with Crippen LogP contribution in [0.5, 0.6) is 5.75 Å². The summed E-state index contributed by atoms with van der Waals surface area (Å²) in [4.78, 5) is 0. The van der Waals surface area contributed by atoms with E-state index in [1.165, 1.54) is 0 Å². The minimum atomic E-state index is -0.390. The van der Waals surface area contributed by atoms with Gasteiger partial charge >= 0.3 is 0 Å². The number of hydrogen-bond acceptors (Lipinski definition) is 3. The summed E-state index contributed by atoms with van der Waals surface area (Å²) >= 11 is 0. The van der Waals surface area contributed by atoms with Gasteiger partial charge in [-0.25, -0.2) is 0 Å². The summed E-state index contributed by atoms with van der Waals surface area (Å²) in [5.41, 5.74) is 7.17. The molecule has 0 aliphatic carbocycles. The van der Waals surface area contributed by atoms with Crippen LogP contribution in [0.4, 0.5) is 0 Å². The summed E-state index contributed by atoms with van der Waals surface area (Å²) in [5, 5.41) is 10.3. The van der Waals surface area contributed by atoms with Gasteiger partial charge in [-0.2, -0.15) is 5.26 Å². The van der Waals surface area contributed by atoms with Crippen LogP contribution in [0.25, 0.3) is 10.9 Å². The molecule has 0 spiro atoms. The fourth-order valence-electron chi connectivity index (χ4n) is 2.16. The maximum Gasteiger partial charge on any atom is 0.163 e. The molecule has 1 heterocycles. The van der Waals surface area contributed by atoms with Gasteiger partial charge in [0.2, 0.25) is 0 Å². The van der Waals surface area contributed by atoms with Crippen LogP contribution in [-0.4, -0.2) is 17.2 Å². The molecule has 0 saturated heterocycles. The Balaban J connectivity index is 2.74. The van der Waals surface area contributed by atoms with Crippen LogP contribution >= 0.6 is 0 Å². The van der Waals surface area contributed by atoms with Crippen molar-refractivity contribution in [2.75, 3.05) is 7.11 Å². The maximum absolute atomic E-state index is 9.34. The predicted molar refractivity (Wildman–Crippen MR) is 71.5 cm³/mol. The lowest BCUT2D eigenvalue weighted by molar-refractivity contribution is 0.406. The lowest BCUT2D eigenvalue weighted by Gasteiger charge is -2.20. The van der Waals surface area contributed by atoms with Gasteiger partial charge in [0.25, 0.3) is 0 Å². The first-order valence-corrected chi connectivity index (χ1v) is 5.82. The number of rotatable bonds is 3. The van der Waals surface area contributed by atoms with Crippen LogP contribution in [0.1, 0.15) is 19.5 Å². The van der Waals surface area contributed by atoms with E-state index in [9.17, 15) is 5.26 Å². The van der Waals surface area contributed by atoms with Gasteiger partial charge in [-0.1, -0.05) is 12.1 Å². The van der Waals surface area contributed by atoms with Crippen molar-refractivity contribution in [1.29, 1.82) is 5.26 Å². The van der Waals surface area contributed by atoms with Crippen LogP contribution in [0.15, 0.2) is 24.3 Å². The molecule has 0 aliphatic rings. The Kier molecular flexibility index (Phi) is 3.02. The van der Waals surface area contributed by atoms with Crippen molar-refractivity contribution in [3.8, 4) is 11.8 Å². The van der Waals surface area contributed by atoms with E-state index in [4.69, 9.17) is 10.5 Å². The molecule has 2 N–H and O–H groups in total. The average Bonchev–Trinajstić information content (AvgIpc) is 2.61. The molecular weight excluding hydrogens is 226 g/mol. The molecule has 2 rings (SSSR count). The highest BCUT2D eigenvalue weighted by Gasteiger charge is 2.21. The number of benzene rings is 1. The van der Waals surface area contributed by atoms with Gasteiger partial charge in [0.15, 0.2) is 11.4 Å². The highest BCUT2D eigenvalue weighted by Crippen LogP contribution is 2.33. The average molecular weight is 243 g/mol. The van der Waals surface area contributed by atoms with Crippen LogP contribution in [0.3, 0.4) is 0 Å². The lowest BCUT2D eigenvalue weighted by Crippen LogP contribution is -2.37. The number of methoxy groups -OCH3 is 1. The van der Waals surface area contributed by atoms with E-state index in [2.05, 4.69) is 6.07 Å². The Morgan fingerprint density at radius 2 is 2.06 bits per heavy atom. The molecule has 0 atom stereocenters. The number of para-hydroxylation sites is 1. The maximum atomic E-state index is 9.34. The van der Waals surface area contributed by atoms with E-state index in [1.54, 1.807) is 7.11 Å². The number of nitrogens with zero attached hydrogens (tertiary/aromatic N) is 2. The second-order valence-electron chi connectivity index (χ2n) is 5.09. The number of hydrogen-bond donors (Lipinski definition) is 1. The lowest BCUT2D eigenvalue weighted by atomic mass is 10.1. The third kappa shape index (κ3) is 2.05. The second-order valence-corrected chi connectivity index (χ2v) is 5.09. The molecule has 0 bridgehead atoms. The molecule has 0 saturated carbocycles. The molecular formula is C14H17N3O. The van der Waals surface area contributed by atoms with E-state index in [1.807, 2.05) is 42.7 Å². The summed E-state index contributed by atoms with van der Waals surface area (Å²) in [6, 6.07) is 10.0. The summed E-state index contributed by atoms with van der Waals surface area (Å²) in [5.74, 6) is 0.623. The predicted octanol–water partition coefficient (Wildman–Crippen LogP) is 2.26. The van der Waals surface area contributed by atoms with Crippen LogP contribution in [0, 0.1) is 11.3 Å². The SMILES string of the molecule is COc1c(C#N)n(CC(C)(C)N)c2ccccc12. The van der Waals surface area contributed by atoms with Gasteiger partial charge in [0.05, 0.1) is 12.6 Å². The second kappa shape index (κ2) is 4.35. The molecule has 1 aromatic carbocycles. The molecule has 0 aliphatic heterocycles. The minimum absolute atomic E-state index is 0.390. The number of ether oxygens (including phenoxy) is 1. The third-order valence-electron chi connectivity index (χ3n) is 2.80. The molecule has 4 heteroatoms. The molecule has 94 valence electrons. The Morgan fingerprint density at radius 3 is 2.61 bits per heavy atom. The Labute approximate surface area is 107 Å². The first-order valence-electron chi connectivity index (χ1n) is 5.82.